The van der Waals surface area contributed by atoms with Crippen molar-refractivity contribution in [3.8, 4) is 0 Å². The second kappa shape index (κ2) is 6.27. The number of aromatic carboxylic acids is 2. The van der Waals surface area contributed by atoms with E-state index in [1.54, 1.807) is 13.0 Å². The first-order valence-corrected chi connectivity index (χ1v) is 3.59. The van der Waals surface area contributed by atoms with Gasteiger partial charge in [-0.1, -0.05) is 11.6 Å². The Balaban J connectivity index is 0. The first-order valence-electron chi connectivity index (χ1n) is 3.59. The molecule has 0 bridgehead atoms. The highest BCUT2D eigenvalue weighted by atomic mass is 35.5. The van der Waals surface area contributed by atoms with Crippen molar-refractivity contribution in [2.75, 3.05) is 0 Å². The fraction of sp³-hybridized carbons (Fsp3) is 0.111. The molecule has 0 saturated carbocycles. The summed E-state index contributed by atoms with van der Waals surface area (Å²) >= 11 is 0. The van der Waals surface area contributed by atoms with Crippen LogP contribution in [0, 0.1) is 6.92 Å². The van der Waals surface area contributed by atoms with E-state index < -0.39 is 11.9 Å². The van der Waals surface area contributed by atoms with Crippen molar-refractivity contribution >= 4 is 36.8 Å². The highest BCUT2D eigenvalue weighted by Gasteiger charge is 2.14. The molecule has 1 aromatic rings. The maximum atomic E-state index is 10.6. The van der Waals surface area contributed by atoms with E-state index in [0.29, 0.717) is 0 Å². The molecule has 4 nitrogen and oxygen atoms in total. The van der Waals surface area contributed by atoms with Crippen molar-refractivity contribution in [3.63, 3.8) is 0 Å². The fourth-order valence-electron chi connectivity index (χ4n) is 1.02. The molecule has 0 aromatic heterocycles. The summed E-state index contributed by atoms with van der Waals surface area (Å²) < 4.78 is 0. The van der Waals surface area contributed by atoms with Gasteiger partial charge in [0, 0.05) is 0 Å². The van der Waals surface area contributed by atoms with Crippen molar-refractivity contribution < 1.29 is 19.8 Å². The van der Waals surface area contributed by atoms with Crippen molar-refractivity contribution in [1.29, 1.82) is 0 Å². The van der Waals surface area contributed by atoms with Gasteiger partial charge >= 0.3 is 11.9 Å². The average molecular weight is 253 g/mol. The van der Waals surface area contributed by atoms with Crippen molar-refractivity contribution in [2.24, 2.45) is 0 Å². The van der Waals surface area contributed by atoms with Gasteiger partial charge in [-0.2, -0.15) is 0 Å². The van der Waals surface area contributed by atoms with Crippen LogP contribution in [0.1, 0.15) is 26.3 Å². The van der Waals surface area contributed by atoms with Gasteiger partial charge in [0.1, 0.15) is 0 Å². The minimum Gasteiger partial charge on any atom is -0.478 e. The minimum absolute atomic E-state index is 0. The van der Waals surface area contributed by atoms with Crippen LogP contribution in [-0.2, 0) is 0 Å². The molecule has 6 heteroatoms. The first-order chi connectivity index (χ1) is 6.02. The van der Waals surface area contributed by atoms with Crippen LogP contribution < -0.4 is 0 Å². The SMILES string of the molecule is Cc1ccc(C(=O)O)c(C(=O)O)c1.Cl.Cl. The van der Waals surface area contributed by atoms with Crippen molar-refractivity contribution in [1.82, 2.24) is 0 Å². The fourth-order valence-corrected chi connectivity index (χ4v) is 1.02. The summed E-state index contributed by atoms with van der Waals surface area (Å²) in [5, 5.41) is 17.3. The number of hydrogen-bond acceptors (Lipinski definition) is 2. The second-order valence-corrected chi connectivity index (χ2v) is 2.66. The van der Waals surface area contributed by atoms with E-state index in [2.05, 4.69) is 0 Å². The molecular formula is C9H10Cl2O4. The Morgan fingerprint density at radius 2 is 1.47 bits per heavy atom. The van der Waals surface area contributed by atoms with Gasteiger partial charge in [-0.15, -0.1) is 24.8 Å². The maximum Gasteiger partial charge on any atom is 0.336 e. The van der Waals surface area contributed by atoms with E-state index in [-0.39, 0.29) is 35.9 Å². The van der Waals surface area contributed by atoms with Gasteiger partial charge in [0.25, 0.3) is 0 Å². The molecule has 0 saturated heterocycles. The summed E-state index contributed by atoms with van der Waals surface area (Å²) in [6.45, 7) is 1.71. The summed E-state index contributed by atoms with van der Waals surface area (Å²) in [6.07, 6.45) is 0. The molecule has 0 aliphatic rings. The van der Waals surface area contributed by atoms with E-state index in [1.165, 1.54) is 12.1 Å². The lowest BCUT2D eigenvalue weighted by atomic mass is 10.0. The molecule has 84 valence electrons. The lowest BCUT2D eigenvalue weighted by Crippen LogP contribution is -2.07. The molecule has 2 N–H and O–H groups in total. The van der Waals surface area contributed by atoms with Gasteiger partial charge in [-0.3, -0.25) is 0 Å². The molecule has 15 heavy (non-hydrogen) atoms. The zero-order valence-corrected chi connectivity index (χ0v) is 9.39. The molecule has 0 spiro atoms. The number of carboxylic acids is 2. The summed E-state index contributed by atoms with van der Waals surface area (Å²) in [5.74, 6) is -2.45. The van der Waals surface area contributed by atoms with E-state index in [1.807, 2.05) is 0 Å². The predicted molar refractivity (Wildman–Crippen MR) is 59.6 cm³/mol. The Hall–Kier alpha value is -1.26. The molecular weight excluding hydrogens is 243 g/mol. The van der Waals surface area contributed by atoms with E-state index in [4.69, 9.17) is 10.2 Å². The van der Waals surface area contributed by atoms with E-state index in [9.17, 15) is 9.59 Å². The van der Waals surface area contributed by atoms with Crippen LogP contribution in [0.25, 0.3) is 0 Å². The molecule has 0 aliphatic carbocycles. The number of carboxylic acid groups (broad SMARTS) is 2. The number of aryl methyl sites for hydroxylation is 1. The number of halogens is 2. The lowest BCUT2D eigenvalue weighted by Gasteiger charge is -2.01. The van der Waals surface area contributed by atoms with Crippen LogP contribution >= 0.6 is 24.8 Å². The highest BCUT2D eigenvalue weighted by molar-refractivity contribution is 6.01. The van der Waals surface area contributed by atoms with E-state index >= 15 is 0 Å². The van der Waals surface area contributed by atoms with Crippen LogP contribution in [0.15, 0.2) is 18.2 Å². The van der Waals surface area contributed by atoms with Gasteiger partial charge < -0.3 is 10.2 Å². The van der Waals surface area contributed by atoms with Crippen LogP contribution in [-0.4, -0.2) is 22.2 Å². The van der Waals surface area contributed by atoms with Gasteiger partial charge in [0.15, 0.2) is 0 Å². The standard InChI is InChI=1S/C9H8O4.2ClH/c1-5-2-3-6(8(10)11)7(4-5)9(12)13;;/h2-4H,1H3,(H,10,11)(H,12,13);2*1H. The monoisotopic (exact) mass is 252 g/mol. The molecule has 0 atom stereocenters. The third-order valence-electron chi connectivity index (χ3n) is 1.64. The van der Waals surface area contributed by atoms with Gasteiger partial charge in [0.2, 0.25) is 0 Å². The average Bonchev–Trinajstić information content (AvgIpc) is 2.03. The molecule has 0 heterocycles. The number of carbonyl (C=O) groups is 2. The van der Waals surface area contributed by atoms with Crippen molar-refractivity contribution in [2.45, 2.75) is 6.92 Å². The van der Waals surface area contributed by atoms with Crippen LogP contribution in [0.3, 0.4) is 0 Å². The summed E-state index contributed by atoms with van der Waals surface area (Å²) in [4.78, 5) is 21.2. The Kier molecular flexibility index (Phi) is 6.76. The van der Waals surface area contributed by atoms with Crippen LogP contribution in [0.5, 0.6) is 0 Å². The molecule has 0 aliphatic heterocycles. The summed E-state index contributed by atoms with van der Waals surface area (Å²) in [5.41, 5.74) is 0.369. The molecule has 1 aromatic carbocycles. The van der Waals surface area contributed by atoms with Crippen molar-refractivity contribution in [3.05, 3.63) is 34.9 Å². The zero-order valence-electron chi connectivity index (χ0n) is 7.76. The third kappa shape index (κ3) is 3.77. The second-order valence-electron chi connectivity index (χ2n) is 2.66. The van der Waals surface area contributed by atoms with Gasteiger partial charge in [-0.25, -0.2) is 9.59 Å². The topological polar surface area (TPSA) is 74.6 Å². The molecule has 0 fully saturated rings. The molecule has 1 rings (SSSR count). The third-order valence-corrected chi connectivity index (χ3v) is 1.64. The zero-order chi connectivity index (χ0) is 10.0. The summed E-state index contributed by atoms with van der Waals surface area (Å²) in [6, 6.07) is 4.20. The highest BCUT2D eigenvalue weighted by Crippen LogP contribution is 2.11. The van der Waals surface area contributed by atoms with Crippen LogP contribution in [0.4, 0.5) is 0 Å². The number of hydrogen-bond donors (Lipinski definition) is 2. The number of rotatable bonds is 2. The Morgan fingerprint density at radius 1 is 1.00 bits per heavy atom. The Labute approximate surface area is 98.7 Å². The largest absolute Gasteiger partial charge is 0.478 e. The van der Waals surface area contributed by atoms with E-state index in [0.717, 1.165) is 5.56 Å². The summed E-state index contributed by atoms with van der Waals surface area (Å²) in [7, 11) is 0. The molecule has 0 amide bonds. The maximum absolute atomic E-state index is 10.6. The predicted octanol–water partition coefficient (Wildman–Crippen LogP) is 2.24. The molecule has 0 unspecified atom stereocenters. The molecule has 0 radical (unpaired) electrons. The smallest absolute Gasteiger partial charge is 0.336 e. The normalized spacial score (nSPS) is 8.33. The van der Waals surface area contributed by atoms with Crippen LogP contribution in [0.2, 0.25) is 0 Å². The Morgan fingerprint density at radius 3 is 1.87 bits per heavy atom. The quantitative estimate of drug-likeness (QED) is 0.847. The lowest BCUT2D eigenvalue weighted by molar-refractivity contribution is 0.0651. The first kappa shape index (κ1) is 16.2. The van der Waals surface area contributed by atoms with Gasteiger partial charge in [-0.05, 0) is 19.1 Å². The minimum atomic E-state index is -1.22. The number of benzene rings is 1. The Bertz CT molecular complexity index is 376. The van der Waals surface area contributed by atoms with Gasteiger partial charge in [0.05, 0.1) is 11.1 Å².